The van der Waals surface area contributed by atoms with Gasteiger partial charge in [-0.3, -0.25) is 0 Å². The summed E-state index contributed by atoms with van der Waals surface area (Å²) in [6.45, 7) is 4.31. The van der Waals surface area contributed by atoms with E-state index in [1.54, 1.807) is 24.3 Å². The Balaban J connectivity index is 1.49. The summed E-state index contributed by atoms with van der Waals surface area (Å²) in [4.78, 5) is 12.0. The molecule has 0 aromatic heterocycles. The fourth-order valence-corrected chi connectivity index (χ4v) is 2.52. The quantitative estimate of drug-likeness (QED) is 0.444. The van der Waals surface area contributed by atoms with Gasteiger partial charge in [-0.15, -0.1) is 0 Å². The Labute approximate surface area is 159 Å². The number of hydrogen-bond acceptors (Lipinski definition) is 4. The third-order valence-corrected chi connectivity index (χ3v) is 4.20. The Kier molecular flexibility index (Phi) is 6.10. The lowest BCUT2D eigenvalue weighted by Gasteiger charge is -2.11. The van der Waals surface area contributed by atoms with E-state index in [2.05, 4.69) is 0 Å². The van der Waals surface area contributed by atoms with E-state index in [0.29, 0.717) is 23.9 Å². The van der Waals surface area contributed by atoms with Crippen molar-refractivity contribution in [2.75, 3.05) is 6.61 Å². The van der Waals surface area contributed by atoms with E-state index in [4.69, 9.17) is 14.2 Å². The Morgan fingerprint density at radius 1 is 0.778 bits per heavy atom. The van der Waals surface area contributed by atoms with Crippen LogP contribution in [-0.4, -0.2) is 12.6 Å². The van der Waals surface area contributed by atoms with E-state index in [1.165, 1.54) is 0 Å². The van der Waals surface area contributed by atoms with Crippen molar-refractivity contribution in [3.05, 3.63) is 89.5 Å². The van der Waals surface area contributed by atoms with Crippen molar-refractivity contribution in [3.63, 3.8) is 0 Å². The van der Waals surface area contributed by atoms with Crippen molar-refractivity contribution in [2.45, 2.75) is 20.5 Å². The van der Waals surface area contributed by atoms with Gasteiger partial charge in [0.25, 0.3) is 0 Å². The molecule has 0 aliphatic carbocycles. The van der Waals surface area contributed by atoms with Gasteiger partial charge in [-0.05, 0) is 60.9 Å². The lowest BCUT2D eigenvalue weighted by atomic mass is 10.1. The van der Waals surface area contributed by atoms with Crippen LogP contribution in [0.2, 0.25) is 0 Å². The van der Waals surface area contributed by atoms with Gasteiger partial charge < -0.3 is 14.2 Å². The van der Waals surface area contributed by atoms with Gasteiger partial charge >= 0.3 is 5.97 Å². The number of aryl methyl sites for hydroxylation is 1. The molecule has 0 fully saturated rings. The van der Waals surface area contributed by atoms with Gasteiger partial charge in [0, 0.05) is 0 Å². The van der Waals surface area contributed by atoms with E-state index in [-0.39, 0.29) is 6.61 Å². The second-order valence-electron chi connectivity index (χ2n) is 6.21. The second kappa shape index (κ2) is 8.90. The number of ether oxygens (including phenoxy) is 3. The summed E-state index contributed by atoms with van der Waals surface area (Å²) in [7, 11) is 0. The average molecular weight is 362 g/mol. The molecule has 0 saturated carbocycles. The standard InChI is InChI=1S/C23H22O4/c1-17-7-6-10-22(18(17)2)26-16-23(24)27-21-13-11-20(12-14-21)25-15-19-8-4-3-5-9-19/h3-14H,15-16H2,1-2H3. The van der Waals surface area contributed by atoms with Crippen molar-refractivity contribution in [2.24, 2.45) is 0 Å². The number of esters is 1. The summed E-state index contributed by atoms with van der Waals surface area (Å²) < 4.78 is 16.6. The van der Waals surface area contributed by atoms with Crippen LogP contribution in [0.4, 0.5) is 0 Å². The Bertz CT molecular complexity index is 886. The van der Waals surface area contributed by atoms with Crippen molar-refractivity contribution in [1.82, 2.24) is 0 Å². The third kappa shape index (κ3) is 5.35. The molecule has 0 aliphatic heterocycles. The van der Waals surface area contributed by atoms with Gasteiger partial charge in [0.1, 0.15) is 23.9 Å². The molecule has 0 N–H and O–H groups in total. The molecular weight excluding hydrogens is 340 g/mol. The van der Waals surface area contributed by atoms with Crippen molar-refractivity contribution >= 4 is 5.97 Å². The molecule has 0 amide bonds. The maximum atomic E-state index is 12.0. The molecule has 27 heavy (non-hydrogen) atoms. The SMILES string of the molecule is Cc1cccc(OCC(=O)Oc2ccc(OCc3ccccc3)cc2)c1C. The van der Waals surface area contributed by atoms with Crippen LogP contribution >= 0.6 is 0 Å². The van der Waals surface area contributed by atoms with Crippen molar-refractivity contribution in [1.29, 1.82) is 0 Å². The van der Waals surface area contributed by atoms with Crippen LogP contribution in [0.25, 0.3) is 0 Å². The van der Waals surface area contributed by atoms with E-state index in [0.717, 1.165) is 16.7 Å². The first-order chi connectivity index (χ1) is 13.1. The summed E-state index contributed by atoms with van der Waals surface area (Å²) in [6, 6.07) is 22.6. The molecule has 138 valence electrons. The number of carbonyl (C=O) groups is 1. The lowest BCUT2D eigenvalue weighted by molar-refractivity contribution is -0.136. The molecule has 0 aliphatic rings. The average Bonchev–Trinajstić information content (AvgIpc) is 2.69. The maximum Gasteiger partial charge on any atom is 0.349 e. The zero-order valence-corrected chi connectivity index (χ0v) is 15.5. The topological polar surface area (TPSA) is 44.8 Å². The van der Waals surface area contributed by atoms with Crippen LogP contribution in [0.1, 0.15) is 16.7 Å². The summed E-state index contributed by atoms with van der Waals surface area (Å²) in [5.41, 5.74) is 3.23. The first kappa shape index (κ1) is 18.5. The van der Waals surface area contributed by atoms with Gasteiger partial charge in [0.2, 0.25) is 0 Å². The number of benzene rings is 3. The molecule has 3 rings (SSSR count). The van der Waals surface area contributed by atoms with Crippen LogP contribution in [0.5, 0.6) is 17.2 Å². The molecular formula is C23H22O4. The van der Waals surface area contributed by atoms with Gasteiger partial charge in [-0.25, -0.2) is 4.79 Å². The highest BCUT2D eigenvalue weighted by atomic mass is 16.6. The van der Waals surface area contributed by atoms with Gasteiger partial charge in [0.15, 0.2) is 6.61 Å². The Morgan fingerprint density at radius 2 is 1.48 bits per heavy atom. The van der Waals surface area contributed by atoms with Crippen LogP contribution in [-0.2, 0) is 11.4 Å². The molecule has 4 nitrogen and oxygen atoms in total. The van der Waals surface area contributed by atoms with E-state index in [9.17, 15) is 4.79 Å². The molecule has 0 radical (unpaired) electrons. The lowest BCUT2D eigenvalue weighted by Crippen LogP contribution is -2.18. The summed E-state index contributed by atoms with van der Waals surface area (Å²) >= 11 is 0. The third-order valence-electron chi connectivity index (χ3n) is 4.20. The van der Waals surface area contributed by atoms with Crippen LogP contribution in [0.15, 0.2) is 72.8 Å². The normalized spacial score (nSPS) is 10.3. The minimum Gasteiger partial charge on any atom is -0.489 e. The number of carbonyl (C=O) groups excluding carboxylic acids is 1. The molecule has 3 aromatic rings. The number of hydrogen-bond donors (Lipinski definition) is 0. The monoisotopic (exact) mass is 362 g/mol. The van der Waals surface area contributed by atoms with Crippen LogP contribution < -0.4 is 14.2 Å². The van der Waals surface area contributed by atoms with Gasteiger partial charge in [0.05, 0.1) is 0 Å². The van der Waals surface area contributed by atoms with Crippen molar-refractivity contribution < 1.29 is 19.0 Å². The minimum atomic E-state index is -0.450. The second-order valence-corrected chi connectivity index (χ2v) is 6.21. The summed E-state index contributed by atoms with van der Waals surface area (Å²) in [6.07, 6.45) is 0. The maximum absolute atomic E-state index is 12.0. The molecule has 0 saturated heterocycles. The highest BCUT2D eigenvalue weighted by Gasteiger charge is 2.08. The van der Waals surface area contributed by atoms with Gasteiger partial charge in [-0.1, -0.05) is 42.5 Å². The zero-order chi connectivity index (χ0) is 19.1. The van der Waals surface area contributed by atoms with Crippen LogP contribution in [0, 0.1) is 13.8 Å². The predicted octanol–water partition coefficient (Wildman–Crippen LogP) is 4.87. The first-order valence-corrected chi connectivity index (χ1v) is 8.78. The number of rotatable bonds is 7. The fourth-order valence-electron chi connectivity index (χ4n) is 2.52. The predicted molar refractivity (Wildman–Crippen MR) is 104 cm³/mol. The van der Waals surface area contributed by atoms with E-state index < -0.39 is 5.97 Å². The van der Waals surface area contributed by atoms with Gasteiger partial charge in [-0.2, -0.15) is 0 Å². The summed E-state index contributed by atoms with van der Waals surface area (Å²) in [5.74, 6) is 1.41. The van der Waals surface area contributed by atoms with Crippen molar-refractivity contribution in [3.8, 4) is 17.2 Å². The largest absolute Gasteiger partial charge is 0.489 e. The smallest absolute Gasteiger partial charge is 0.349 e. The zero-order valence-electron chi connectivity index (χ0n) is 15.5. The minimum absolute atomic E-state index is 0.142. The molecule has 0 heterocycles. The molecule has 0 atom stereocenters. The van der Waals surface area contributed by atoms with E-state index >= 15 is 0 Å². The Morgan fingerprint density at radius 3 is 2.22 bits per heavy atom. The molecule has 0 bridgehead atoms. The molecule has 3 aromatic carbocycles. The fraction of sp³-hybridized carbons (Fsp3) is 0.174. The highest BCUT2D eigenvalue weighted by molar-refractivity contribution is 5.74. The highest BCUT2D eigenvalue weighted by Crippen LogP contribution is 2.21. The Hall–Kier alpha value is -3.27. The molecule has 0 spiro atoms. The van der Waals surface area contributed by atoms with E-state index in [1.807, 2.05) is 62.4 Å². The first-order valence-electron chi connectivity index (χ1n) is 8.78. The van der Waals surface area contributed by atoms with Crippen LogP contribution in [0.3, 0.4) is 0 Å². The molecule has 4 heteroatoms. The molecule has 0 unspecified atom stereocenters. The summed E-state index contributed by atoms with van der Waals surface area (Å²) in [5, 5.41) is 0.